The zero-order valence-corrected chi connectivity index (χ0v) is 13.1. The minimum atomic E-state index is -0.364. The van der Waals surface area contributed by atoms with E-state index in [4.69, 9.17) is 10.7 Å². The third-order valence-corrected chi connectivity index (χ3v) is 4.28. The van der Waals surface area contributed by atoms with E-state index in [-0.39, 0.29) is 12.5 Å². The van der Waals surface area contributed by atoms with Crippen molar-refractivity contribution in [3.05, 3.63) is 78.1 Å². The van der Waals surface area contributed by atoms with E-state index in [1.54, 1.807) is 0 Å². The van der Waals surface area contributed by atoms with Gasteiger partial charge in [0.1, 0.15) is 12.4 Å². The highest BCUT2D eigenvalue weighted by Crippen LogP contribution is 2.23. The molecule has 4 heteroatoms. The fraction of sp³-hybridized carbons (Fsp3) is 0.100. The Hall–Kier alpha value is -3.14. The zero-order chi connectivity index (χ0) is 16.5. The summed E-state index contributed by atoms with van der Waals surface area (Å²) in [7, 11) is 0. The molecule has 2 N–H and O–H groups in total. The first-order chi connectivity index (χ1) is 11.7. The van der Waals surface area contributed by atoms with Gasteiger partial charge in [0.25, 0.3) is 0 Å². The highest BCUT2D eigenvalue weighted by molar-refractivity contribution is 5.86. The average molecular weight is 315 g/mol. The van der Waals surface area contributed by atoms with Crippen molar-refractivity contribution in [2.24, 2.45) is 5.73 Å². The molecule has 0 aliphatic rings. The van der Waals surface area contributed by atoms with Gasteiger partial charge in [-0.1, -0.05) is 54.6 Å². The third kappa shape index (κ3) is 2.52. The predicted octanol–water partition coefficient (Wildman–Crippen LogP) is 3.27. The molecule has 0 spiro atoms. The topological polar surface area (TPSA) is 60.9 Å². The molecule has 0 saturated heterocycles. The van der Waals surface area contributed by atoms with Crippen molar-refractivity contribution in [2.75, 3.05) is 0 Å². The van der Waals surface area contributed by atoms with Crippen molar-refractivity contribution in [2.45, 2.75) is 13.0 Å². The molecule has 4 aromatic rings. The maximum atomic E-state index is 11.5. The van der Waals surface area contributed by atoms with Crippen molar-refractivity contribution < 1.29 is 4.79 Å². The van der Waals surface area contributed by atoms with E-state index in [9.17, 15) is 4.79 Å². The molecule has 4 nitrogen and oxygen atoms in total. The summed E-state index contributed by atoms with van der Waals surface area (Å²) in [5, 5.41) is 2.41. The number of benzene rings is 3. The van der Waals surface area contributed by atoms with Gasteiger partial charge in [-0.3, -0.25) is 4.79 Å². The molecule has 0 aliphatic carbocycles. The van der Waals surface area contributed by atoms with Crippen LogP contribution in [-0.4, -0.2) is 15.5 Å². The maximum absolute atomic E-state index is 11.5. The number of rotatable bonds is 4. The number of nitrogens with two attached hydrogens (primary N) is 1. The van der Waals surface area contributed by atoms with Crippen LogP contribution < -0.4 is 5.73 Å². The summed E-state index contributed by atoms with van der Waals surface area (Å²) in [6, 6.07) is 22.4. The Morgan fingerprint density at radius 2 is 1.71 bits per heavy atom. The number of fused-ring (bicyclic) bond motifs is 2. The van der Waals surface area contributed by atoms with E-state index in [0.29, 0.717) is 6.42 Å². The number of carbonyl (C=O) groups is 1. The van der Waals surface area contributed by atoms with Gasteiger partial charge in [-0.05, 0) is 28.5 Å². The molecule has 3 aromatic carbocycles. The van der Waals surface area contributed by atoms with Crippen LogP contribution in [0.4, 0.5) is 0 Å². The summed E-state index contributed by atoms with van der Waals surface area (Å²) in [4.78, 5) is 16.2. The van der Waals surface area contributed by atoms with Crippen LogP contribution in [0.2, 0.25) is 0 Å². The molecule has 1 amide bonds. The summed E-state index contributed by atoms with van der Waals surface area (Å²) in [5.41, 5.74) is 8.45. The van der Waals surface area contributed by atoms with Crippen LogP contribution in [0.5, 0.6) is 0 Å². The Morgan fingerprint density at radius 3 is 2.58 bits per heavy atom. The molecular weight excluding hydrogens is 298 g/mol. The highest BCUT2D eigenvalue weighted by Gasteiger charge is 2.13. The van der Waals surface area contributed by atoms with Gasteiger partial charge >= 0.3 is 0 Å². The lowest BCUT2D eigenvalue weighted by molar-refractivity contribution is -0.118. The fourth-order valence-electron chi connectivity index (χ4n) is 3.21. The number of amides is 1. The van der Waals surface area contributed by atoms with Crippen LogP contribution in [0.15, 0.2) is 66.7 Å². The van der Waals surface area contributed by atoms with Gasteiger partial charge in [0.15, 0.2) is 0 Å². The van der Waals surface area contributed by atoms with E-state index in [0.717, 1.165) is 16.9 Å². The molecule has 0 bridgehead atoms. The van der Waals surface area contributed by atoms with E-state index >= 15 is 0 Å². The summed E-state index contributed by atoms with van der Waals surface area (Å²) < 4.78 is 1.92. The predicted molar refractivity (Wildman–Crippen MR) is 95.7 cm³/mol. The van der Waals surface area contributed by atoms with Crippen LogP contribution in [0.1, 0.15) is 11.4 Å². The summed E-state index contributed by atoms with van der Waals surface area (Å²) in [6.45, 7) is 0.139. The molecule has 1 heterocycles. The lowest BCUT2D eigenvalue weighted by Gasteiger charge is -2.09. The Kier molecular flexibility index (Phi) is 3.50. The number of nitrogens with zero attached hydrogens (tertiary/aromatic N) is 2. The van der Waals surface area contributed by atoms with E-state index in [1.165, 1.54) is 16.3 Å². The van der Waals surface area contributed by atoms with Gasteiger partial charge in [0, 0.05) is 6.42 Å². The summed E-state index contributed by atoms with van der Waals surface area (Å²) >= 11 is 0. The molecule has 0 radical (unpaired) electrons. The van der Waals surface area contributed by atoms with Crippen LogP contribution in [0.3, 0.4) is 0 Å². The number of hydrogen-bond donors (Lipinski definition) is 1. The van der Waals surface area contributed by atoms with E-state index in [1.807, 2.05) is 41.0 Å². The van der Waals surface area contributed by atoms with Gasteiger partial charge in [-0.2, -0.15) is 0 Å². The first-order valence-electron chi connectivity index (χ1n) is 7.91. The number of imidazole rings is 1. The smallest absolute Gasteiger partial charge is 0.237 e. The van der Waals surface area contributed by atoms with Crippen LogP contribution >= 0.6 is 0 Å². The normalized spacial score (nSPS) is 11.2. The zero-order valence-electron chi connectivity index (χ0n) is 13.1. The Balaban J connectivity index is 1.85. The second kappa shape index (κ2) is 5.81. The lowest BCUT2D eigenvalue weighted by Crippen LogP contribution is -2.20. The highest BCUT2D eigenvalue weighted by atomic mass is 16.1. The largest absolute Gasteiger partial charge is 0.368 e. The third-order valence-electron chi connectivity index (χ3n) is 4.28. The molecule has 0 aliphatic heterocycles. The van der Waals surface area contributed by atoms with Crippen molar-refractivity contribution >= 4 is 27.7 Å². The number of para-hydroxylation sites is 2. The molecule has 1 aromatic heterocycles. The number of primary amides is 1. The molecule has 0 unspecified atom stereocenters. The van der Waals surface area contributed by atoms with Crippen molar-refractivity contribution in [1.82, 2.24) is 9.55 Å². The van der Waals surface area contributed by atoms with Crippen molar-refractivity contribution in [3.63, 3.8) is 0 Å². The molecule has 4 rings (SSSR count). The minimum Gasteiger partial charge on any atom is -0.368 e. The standard InChI is InChI=1S/C20H17N3O/c21-19(24)13-23-18-11-4-3-10-17(18)22-20(23)12-15-8-5-7-14-6-1-2-9-16(14)15/h1-11H,12-13H2,(H2,21,24). The molecule has 0 saturated carbocycles. The lowest BCUT2D eigenvalue weighted by atomic mass is 10.0. The van der Waals surface area contributed by atoms with Gasteiger partial charge in [-0.15, -0.1) is 0 Å². The minimum absolute atomic E-state index is 0.139. The van der Waals surface area contributed by atoms with Crippen molar-refractivity contribution in [3.8, 4) is 0 Å². The number of aromatic nitrogens is 2. The molecule has 0 atom stereocenters. The second-order valence-electron chi connectivity index (χ2n) is 5.88. The summed E-state index contributed by atoms with van der Waals surface area (Å²) in [6.07, 6.45) is 0.656. The summed E-state index contributed by atoms with van der Waals surface area (Å²) in [5.74, 6) is 0.490. The van der Waals surface area contributed by atoms with Gasteiger partial charge in [0.05, 0.1) is 11.0 Å². The Labute approximate surface area is 139 Å². The number of hydrogen-bond acceptors (Lipinski definition) is 2. The van der Waals surface area contributed by atoms with E-state index < -0.39 is 0 Å². The first-order valence-corrected chi connectivity index (χ1v) is 7.91. The number of carbonyl (C=O) groups excluding carboxylic acids is 1. The van der Waals surface area contributed by atoms with Gasteiger partial charge in [-0.25, -0.2) is 4.98 Å². The SMILES string of the molecule is NC(=O)Cn1c(Cc2cccc3ccccc23)nc2ccccc21. The van der Waals surface area contributed by atoms with E-state index in [2.05, 4.69) is 30.3 Å². The molecule has 118 valence electrons. The fourth-order valence-corrected chi connectivity index (χ4v) is 3.21. The Bertz CT molecular complexity index is 1040. The average Bonchev–Trinajstić information content (AvgIpc) is 2.92. The molecule has 24 heavy (non-hydrogen) atoms. The monoisotopic (exact) mass is 315 g/mol. The van der Waals surface area contributed by atoms with Gasteiger partial charge in [0.2, 0.25) is 5.91 Å². The van der Waals surface area contributed by atoms with Gasteiger partial charge < -0.3 is 10.3 Å². The second-order valence-corrected chi connectivity index (χ2v) is 5.88. The van der Waals surface area contributed by atoms with Crippen LogP contribution in [-0.2, 0) is 17.8 Å². The van der Waals surface area contributed by atoms with Crippen LogP contribution in [0.25, 0.3) is 21.8 Å². The first kappa shape index (κ1) is 14.5. The molecule has 0 fully saturated rings. The Morgan fingerprint density at radius 1 is 0.958 bits per heavy atom. The van der Waals surface area contributed by atoms with Crippen molar-refractivity contribution in [1.29, 1.82) is 0 Å². The molecular formula is C20H17N3O. The maximum Gasteiger partial charge on any atom is 0.237 e. The quantitative estimate of drug-likeness (QED) is 0.628. The van der Waals surface area contributed by atoms with Crippen LogP contribution in [0, 0.1) is 0 Å².